The Labute approximate surface area is 479 Å². The molecule has 0 radical (unpaired) electrons. The van der Waals surface area contributed by atoms with Crippen LogP contribution in [0.1, 0.15) is 117 Å². The van der Waals surface area contributed by atoms with E-state index in [1.54, 1.807) is 0 Å². The van der Waals surface area contributed by atoms with Gasteiger partial charge in [-0.15, -0.1) is 0 Å². The Morgan fingerprint density at radius 3 is 2.08 bits per heavy atom. The summed E-state index contributed by atoms with van der Waals surface area (Å²) in [4.78, 5) is 150. The zero-order chi connectivity index (χ0) is 59.8. The molecule has 442 valence electrons. The van der Waals surface area contributed by atoms with Gasteiger partial charge in [0, 0.05) is 67.1 Å². The Hall–Kier alpha value is -8.09. The molecule has 10 rings (SSSR count). The predicted octanol–water partition coefficient (Wildman–Crippen LogP) is 3.67. The first-order chi connectivity index (χ1) is 40.0. The van der Waals surface area contributed by atoms with Gasteiger partial charge in [0.25, 0.3) is 17.7 Å². The number of nitrogens with one attached hydrogen (secondary N) is 5. The van der Waals surface area contributed by atoms with Crippen molar-refractivity contribution in [2.45, 2.75) is 106 Å². The molecule has 0 aliphatic carbocycles. The monoisotopic (exact) mass is 1180 g/mol. The zero-order valence-corrected chi connectivity index (χ0v) is 46.2. The van der Waals surface area contributed by atoms with Gasteiger partial charge in [0.1, 0.15) is 35.7 Å². The van der Waals surface area contributed by atoms with Crippen LogP contribution < -0.4 is 27.0 Å². The minimum atomic E-state index is -5.93. The summed E-state index contributed by atoms with van der Waals surface area (Å²) in [7, 11) is -5.93. The molecule has 6 heterocycles. The van der Waals surface area contributed by atoms with Gasteiger partial charge in [-0.1, -0.05) is 66.7 Å². The van der Waals surface area contributed by atoms with E-state index in [1.807, 2.05) is 70.5 Å². The lowest BCUT2D eigenvalue weighted by Gasteiger charge is -2.40. The van der Waals surface area contributed by atoms with E-state index in [9.17, 15) is 61.5 Å². The van der Waals surface area contributed by atoms with Gasteiger partial charge in [-0.25, -0.2) is 4.39 Å². The Kier molecular flexibility index (Phi) is 17.1. The van der Waals surface area contributed by atoms with Crippen molar-refractivity contribution in [1.29, 1.82) is 0 Å². The second-order valence-electron chi connectivity index (χ2n) is 22.1. The highest BCUT2D eigenvalue weighted by atomic mass is 31.2. The molecule has 5 aromatic rings. The third kappa shape index (κ3) is 12.4. The molecule has 4 saturated heterocycles. The first-order valence-electron chi connectivity index (χ1n) is 27.7. The Morgan fingerprint density at radius 2 is 1.44 bits per heavy atom. The number of fused-ring (bicyclic) bond motifs is 3. The predicted molar refractivity (Wildman–Crippen MR) is 295 cm³/mol. The molecule has 4 aromatic carbocycles. The van der Waals surface area contributed by atoms with Crippen LogP contribution in [0.5, 0.6) is 0 Å². The van der Waals surface area contributed by atoms with Crippen LogP contribution in [-0.4, -0.2) is 150 Å². The van der Waals surface area contributed by atoms with E-state index in [2.05, 4.69) is 26.3 Å². The van der Waals surface area contributed by atoms with Crippen molar-refractivity contribution in [3.05, 3.63) is 142 Å². The summed E-state index contributed by atoms with van der Waals surface area (Å²) in [6.07, 6.45) is 1.67. The number of likely N-dealkylation sites (tertiary alicyclic amines) is 1. The normalized spacial score (nSPS) is 21.4. The van der Waals surface area contributed by atoms with Crippen LogP contribution in [0.2, 0.25) is 0 Å². The SMILES string of the molecule is NC(=O)CC[C@H](NC(=O)[C@@H]1CC[C@@H]2CCN(CC3CCN(Cc4cc5c(cc4F)C(=O)N(C4CCC(=O)NC4=O)C5=O)CC3)C[C@H](NC(=O)c3cc4cc(C(F)(F)P(=O)(O)O)ccc4[nH]3)C(=O)N21)C(=O)NC(c1ccccc1)c1ccccc1. The topological polar surface area (TPSA) is 314 Å². The Balaban J connectivity index is 0.852. The van der Waals surface area contributed by atoms with Crippen LogP contribution in [0.4, 0.5) is 13.2 Å². The van der Waals surface area contributed by atoms with Crippen LogP contribution >= 0.6 is 7.60 Å². The van der Waals surface area contributed by atoms with E-state index in [1.165, 1.54) is 17.0 Å². The van der Waals surface area contributed by atoms with Crippen molar-refractivity contribution in [1.82, 2.24) is 45.9 Å². The maximum Gasteiger partial charge on any atom is 0.399 e. The number of carbonyl (C=O) groups excluding carboxylic acids is 9. The van der Waals surface area contributed by atoms with Gasteiger partial charge in [-0.3, -0.25) is 62.8 Å². The molecule has 9 N–H and O–H groups in total. The lowest BCUT2D eigenvalue weighted by molar-refractivity contribution is -0.144. The summed E-state index contributed by atoms with van der Waals surface area (Å²) in [5.41, 5.74) is 1.50. The number of piperidine rings is 2. The maximum absolute atomic E-state index is 15.7. The number of hydrogen-bond donors (Lipinski definition) is 8. The highest BCUT2D eigenvalue weighted by molar-refractivity contribution is 7.52. The van der Waals surface area contributed by atoms with Crippen LogP contribution in [0.3, 0.4) is 0 Å². The molecule has 0 saturated carbocycles. The van der Waals surface area contributed by atoms with Crippen LogP contribution in [0.25, 0.3) is 10.9 Å². The third-order valence-corrected chi connectivity index (χ3v) is 17.5. The highest BCUT2D eigenvalue weighted by Crippen LogP contribution is 2.59. The summed E-state index contributed by atoms with van der Waals surface area (Å²) >= 11 is 0. The second-order valence-corrected chi connectivity index (χ2v) is 23.8. The molecule has 84 heavy (non-hydrogen) atoms. The fraction of sp³-hybridized carbons (Fsp3) is 0.397. The number of nitrogens with two attached hydrogens (primary N) is 1. The average Bonchev–Trinajstić information content (AvgIpc) is 2.03. The summed E-state index contributed by atoms with van der Waals surface area (Å²) in [6, 6.07) is 18.6. The number of alkyl halides is 2. The number of imide groups is 2. The number of benzene rings is 4. The third-order valence-electron chi connectivity index (χ3n) is 16.5. The number of rotatable bonds is 18. The number of halogens is 3. The molecule has 4 fully saturated rings. The molecule has 9 amide bonds. The van der Waals surface area contributed by atoms with E-state index in [4.69, 9.17) is 5.73 Å². The van der Waals surface area contributed by atoms with Gasteiger partial charge in [0.05, 0.1) is 17.2 Å². The van der Waals surface area contributed by atoms with E-state index in [0.29, 0.717) is 51.9 Å². The Morgan fingerprint density at radius 1 is 0.786 bits per heavy atom. The summed E-state index contributed by atoms with van der Waals surface area (Å²) in [6.45, 7) is 1.91. The van der Waals surface area contributed by atoms with Crippen molar-refractivity contribution in [2.24, 2.45) is 11.7 Å². The fourth-order valence-electron chi connectivity index (χ4n) is 12.1. The standard InChI is InChI=1S/C58H62F3N10O12P/c59-41-28-40-39(55(78)71(56(40)79)47-16-18-49(73)66-54(47)77)26-36(41)30-68-22-19-32(20-23-68)29-69-24-21-38-12-15-46(53(76)64-43(14-17-48(62)72)51(74)67-50(33-7-3-1-4-8-33)34-9-5-2-6-10-34)70(38)57(80)45(31-69)65-52(75)44-27-35-25-37(11-13-42(35)63-44)58(60,61)84(81,82)83/h1-11,13,25-28,32,38,43,45-47,50,63H,12,14-24,29-31H2,(H2,62,72)(H,64,76)(H,65,75)(H,67,74)(H,66,73,77)(H2,81,82,83)/t38-,43+,45+,46+,47?/m1/s1. The van der Waals surface area contributed by atoms with Gasteiger partial charge in [0.2, 0.25) is 35.4 Å². The lowest BCUT2D eigenvalue weighted by Crippen LogP contribution is -2.61. The quantitative estimate of drug-likeness (QED) is 0.0459. The minimum absolute atomic E-state index is 0.0202. The highest BCUT2D eigenvalue weighted by Gasteiger charge is 2.51. The van der Waals surface area contributed by atoms with Crippen LogP contribution in [0, 0.1) is 11.7 Å². The van der Waals surface area contributed by atoms with E-state index in [0.717, 1.165) is 40.3 Å². The fourth-order valence-corrected chi connectivity index (χ4v) is 12.6. The summed E-state index contributed by atoms with van der Waals surface area (Å²) in [5.74, 6) is -6.98. The lowest BCUT2D eigenvalue weighted by atomic mass is 9.94. The van der Waals surface area contributed by atoms with E-state index in [-0.39, 0.29) is 84.4 Å². The van der Waals surface area contributed by atoms with Gasteiger partial charge in [0.15, 0.2) is 0 Å². The molecule has 5 aliphatic heterocycles. The van der Waals surface area contributed by atoms with Crippen molar-refractivity contribution in [3.8, 4) is 0 Å². The first-order valence-corrected chi connectivity index (χ1v) is 29.3. The minimum Gasteiger partial charge on any atom is -0.370 e. The van der Waals surface area contributed by atoms with E-state index >= 15 is 9.18 Å². The Bertz CT molecular complexity index is 3450. The number of H-pyrrole nitrogens is 1. The van der Waals surface area contributed by atoms with Crippen molar-refractivity contribution >= 4 is 71.7 Å². The number of hydrogen-bond acceptors (Lipinski definition) is 12. The van der Waals surface area contributed by atoms with Gasteiger partial charge in [-0.05, 0) is 105 Å². The number of carbonyl (C=O) groups is 9. The molecular formula is C58H62F3N10O12P. The molecule has 22 nitrogen and oxygen atoms in total. The molecule has 1 unspecified atom stereocenters. The summed E-state index contributed by atoms with van der Waals surface area (Å²) < 4.78 is 57.0. The van der Waals surface area contributed by atoms with Crippen molar-refractivity contribution in [2.75, 3.05) is 32.7 Å². The van der Waals surface area contributed by atoms with Crippen molar-refractivity contribution in [3.63, 3.8) is 0 Å². The molecule has 5 aliphatic rings. The molecule has 1 aromatic heterocycles. The van der Waals surface area contributed by atoms with E-state index < -0.39 is 114 Å². The number of primary amides is 1. The smallest absolute Gasteiger partial charge is 0.370 e. The molecule has 0 bridgehead atoms. The van der Waals surface area contributed by atoms with Gasteiger partial charge in [-0.2, -0.15) is 8.78 Å². The number of nitrogens with zero attached hydrogens (tertiary/aromatic N) is 4. The molecule has 26 heteroatoms. The number of aromatic amines is 1. The van der Waals surface area contributed by atoms with Crippen LogP contribution in [-0.2, 0) is 45.5 Å². The number of aromatic nitrogens is 1. The largest absolute Gasteiger partial charge is 0.399 e. The zero-order valence-electron chi connectivity index (χ0n) is 45.3. The van der Waals surface area contributed by atoms with Crippen LogP contribution in [0.15, 0.2) is 97.1 Å². The first kappa shape index (κ1) is 59.1. The van der Waals surface area contributed by atoms with Gasteiger partial charge >= 0.3 is 13.3 Å². The molecule has 0 spiro atoms. The molecule has 5 atom stereocenters. The van der Waals surface area contributed by atoms with Crippen molar-refractivity contribution < 1.29 is 70.7 Å². The second kappa shape index (κ2) is 24.2. The molecular weight excluding hydrogens is 1120 g/mol. The maximum atomic E-state index is 15.7. The average molecular weight is 1180 g/mol. The summed E-state index contributed by atoms with van der Waals surface area (Å²) in [5, 5.41) is 10.8. The number of amides is 9. The van der Waals surface area contributed by atoms with Gasteiger partial charge < -0.3 is 46.3 Å².